The van der Waals surface area contributed by atoms with Crippen molar-refractivity contribution < 1.29 is 18.7 Å². The highest BCUT2D eigenvalue weighted by atomic mass is 35.5. The van der Waals surface area contributed by atoms with Crippen LogP contribution in [-0.2, 0) is 6.61 Å². The Bertz CT molecular complexity index is 775. The molecule has 26 heavy (non-hydrogen) atoms. The van der Waals surface area contributed by atoms with E-state index in [-0.39, 0.29) is 12.5 Å². The van der Waals surface area contributed by atoms with Gasteiger partial charge < -0.3 is 14.4 Å². The average Bonchev–Trinajstić information content (AvgIpc) is 2.67. The van der Waals surface area contributed by atoms with Crippen LogP contribution in [0.3, 0.4) is 0 Å². The van der Waals surface area contributed by atoms with Crippen LogP contribution in [-0.4, -0.2) is 37.2 Å². The maximum atomic E-state index is 13.3. The Hall–Kier alpha value is -2.27. The third-order valence-electron chi connectivity index (χ3n) is 4.47. The molecule has 1 saturated heterocycles. The van der Waals surface area contributed by atoms with Crippen LogP contribution in [0.4, 0.5) is 4.39 Å². The number of amides is 1. The van der Waals surface area contributed by atoms with E-state index in [1.807, 2.05) is 18.2 Å². The minimum Gasteiger partial charge on any atom is -0.496 e. The summed E-state index contributed by atoms with van der Waals surface area (Å²) in [6.45, 7) is 1.16. The Labute approximate surface area is 157 Å². The van der Waals surface area contributed by atoms with Gasteiger partial charge in [0, 0.05) is 24.2 Å². The van der Waals surface area contributed by atoms with Crippen LogP contribution in [0.15, 0.2) is 42.5 Å². The maximum absolute atomic E-state index is 13.3. The fourth-order valence-electron chi connectivity index (χ4n) is 2.95. The molecule has 0 saturated carbocycles. The standard InChI is InChI=1S/C20H21ClFNO3/c1-25-19-12-14(20(24)23-10-8-16(22)9-11-23)6-7-15(19)13-26-18-5-3-2-4-17(18)21/h2-7,12,16H,8-11,13H2,1H3. The Balaban J connectivity index is 1.71. The second kappa shape index (κ2) is 8.41. The van der Waals surface area contributed by atoms with Gasteiger partial charge in [0.15, 0.2) is 0 Å². The molecule has 2 aromatic carbocycles. The monoisotopic (exact) mass is 377 g/mol. The van der Waals surface area contributed by atoms with E-state index in [0.717, 1.165) is 5.56 Å². The largest absolute Gasteiger partial charge is 0.496 e. The number of hydrogen-bond acceptors (Lipinski definition) is 3. The summed E-state index contributed by atoms with van der Waals surface area (Å²) in [5, 5.41) is 0.537. The smallest absolute Gasteiger partial charge is 0.253 e. The summed E-state index contributed by atoms with van der Waals surface area (Å²) in [7, 11) is 1.55. The Morgan fingerprint density at radius 2 is 1.92 bits per heavy atom. The third kappa shape index (κ3) is 4.28. The first-order valence-corrected chi connectivity index (χ1v) is 8.94. The molecule has 0 radical (unpaired) electrons. The van der Waals surface area contributed by atoms with E-state index in [1.165, 1.54) is 0 Å². The molecule has 3 rings (SSSR count). The molecule has 1 amide bonds. The van der Waals surface area contributed by atoms with Gasteiger partial charge in [-0.15, -0.1) is 0 Å². The van der Waals surface area contributed by atoms with Gasteiger partial charge in [0.1, 0.15) is 24.3 Å². The molecule has 0 atom stereocenters. The molecule has 0 aliphatic carbocycles. The van der Waals surface area contributed by atoms with Gasteiger partial charge in [0.2, 0.25) is 0 Å². The van der Waals surface area contributed by atoms with Gasteiger partial charge in [-0.1, -0.05) is 29.8 Å². The fraction of sp³-hybridized carbons (Fsp3) is 0.350. The van der Waals surface area contributed by atoms with Gasteiger partial charge in [0.05, 0.1) is 12.1 Å². The molecule has 0 bridgehead atoms. The molecule has 0 spiro atoms. The topological polar surface area (TPSA) is 38.8 Å². The predicted molar refractivity (Wildman–Crippen MR) is 98.8 cm³/mol. The molecule has 1 heterocycles. The molecule has 6 heteroatoms. The number of nitrogens with zero attached hydrogens (tertiary/aromatic N) is 1. The number of halogens is 2. The zero-order chi connectivity index (χ0) is 18.5. The zero-order valence-electron chi connectivity index (χ0n) is 14.6. The van der Waals surface area contributed by atoms with Gasteiger partial charge in [-0.25, -0.2) is 4.39 Å². The van der Waals surface area contributed by atoms with Gasteiger partial charge >= 0.3 is 0 Å². The molecule has 4 nitrogen and oxygen atoms in total. The number of hydrogen-bond donors (Lipinski definition) is 0. The third-order valence-corrected chi connectivity index (χ3v) is 4.78. The lowest BCUT2D eigenvalue weighted by atomic mass is 10.1. The van der Waals surface area contributed by atoms with Crippen molar-refractivity contribution in [3.05, 3.63) is 58.6 Å². The number of benzene rings is 2. The first-order valence-electron chi connectivity index (χ1n) is 8.56. The van der Waals surface area contributed by atoms with Crippen molar-refractivity contribution in [3.8, 4) is 11.5 Å². The van der Waals surface area contributed by atoms with Crippen molar-refractivity contribution in [2.24, 2.45) is 0 Å². The van der Waals surface area contributed by atoms with Gasteiger partial charge in [-0.3, -0.25) is 4.79 Å². The van der Waals surface area contributed by atoms with Gasteiger partial charge in [0.25, 0.3) is 5.91 Å². The normalized spacial score (nSPS) is 15.0. The second-order valence-electron chi connectivity index (χ2n) is 6.21. The number of ether oxygens (including phenoxy) is 2. The summed E-state index contributed by atoms with van der Waals surface area (Å²) in [4.78, 5) is 14.3. The molecule has 1 fully saturated rings. The van der Waals surface area contributed by atoms with Crippen LogP contribution >= 0.6 is 11.6 Å². The number of rotatable bonds is 5. The van der Waals surface area contributed by atoms with E-state index >= 15 is 0 Å². The second-order valence-corrected chi connectivity index (χ2v) is 6.62. The highest BCUT2D eigenvalue weighted by Crippen LogP contribution is 2.27. The van der Waals surface area contributed by atoms with Crippen molar-refractivity contribution >= 4 is 17.5 Å². The van der Waals surface area contributed by atoms with E-state index in [4.69, 9.17) is 21.1 Å². The van der Waals surface area contributed by atoms with E-state index in [1.54, 1.807) is 36.3 Å². The summed E-state index contributed by atoms with van der Waals surface area (Å²) in [5.74, 6) is 1.06. The highest BCUT2D eigenvalue weighted by Gasteiger charge is 2.23. The van der Waals surface area contributed by atoms with Crippen molar-refractivity contribution in [2.45, 2.75) is 25.6 Å². The summed E-state index contributed by atoms with van der Waals surface area (Å²) in [5.41, 5.74) is 1.34. The minimum atomic E-state index is -0.807. The van der Waals surface area contributed by atoms with Crippen LogP contribution in [0.5, 0.6) is 11.5 Å². The molecule has 2 aromatic rings. The first kappa shape index (κ1) is 18.5. The molecule has 1 aliphatic heterocycles. The predicted octanol–water partition coefficient (Wildman–Crippen LogP) is 4.50. The average molecular weight is 378 g/mol. The molecule has 0 unspecified atom stereocenters. The van der Waals surface area contributed by atoms with Crippen molar-refractivity contribution in [1.29, 1.82) is 0 Å². The van der Waals surface area contributed by atoms with Crippen LogP contribution in [0.1, 0.15) is 28.8 Å². The maximum Gasteiger partial charge on any atom is 0.253 e. The summed E-state index contributed by atoms with van der Waals surface area (Å²) >= 11 is 6.09. The number of piperidine rings is 1. The Morgan fingerprint density at radius 3 is 2.62 bits per heavy atom. The van der Waals surface area contributed by atoms with Gasteiger partial charge in [-0.2, -0.15) is 0 Å². The van der Waals surface area contributed by atoms with E-state index in [2.05, 4.69) is 0 Å². The first-order chi connectivity index (χ1) is 12.6. The Kier molecular flexibility index (Phi) is 5.99. The molecule has 0 aromatic heterocycles. The molecular weight excluding hydrogens is 357 g/mol. The number of alkyl halides is 1. The van der Waals surface area contributed by atoms with Crippen molar-refractivity contribution in [3.63, 3.8) is 0 Å². The quantitative estimate of drug-likeness (QED) is 0.770. The van der Waals surface area contributed by atoms with E-state index in [0.29, 0.717) is 48.0 Å². The van der Waals surface area contributed by atoms with Crippen LogP contribution in [0, 0.1) is 0 Å². The molecular formula is C20H21ClFNO3. The van der Waals surface area contributed by atoms with Crippen molar-refractivity contribution in [2.75, 3.05) is 20.2 Å². The number of para-hydroxylation sites is 1. The lowest BCUT2D eigenvalue weighted by molar-refractivity contribution is 0.0666. The molecule has 1 aliphatic rings. The number of carbonyl (C=O) groups is 1. The number of likely N-dealkylation sites (tertiary alicyclic amines) is 1. The SMILES string of the molecule is COc1cc(C(=O)N2CCC(F)CC2)ccc1COc1ccccc1Cl. The van der Waals surface area contributed by atoms with E-state index < -0.39 is 6.17 Å². The van der Waals surface area contributed by atoms with Crippen LogP contribution in [0.2, 0.25) is 5.02 Å². The summed E-state index contributed by atoms with van der Waals surface area (Å²) < 4.78 is 24.4. The molecule has 138 valence electrons. The molecule has 0 N–H and O–H groups in total. The summed E-state index contributed by atoms with van der Waals surface area (Å²) in [6, 6.07) is 12.5. The number of carbonyl (C=O) groups excluding carboxylic acids is 1. The van der Waals surface area contributed by atoms with Crippen LogP contribution < -0.4 is 9.47 Å². The van der Waals surface area contributed by atoms with Crippen LogP contribution in [0.25, 0.3) is 0 Å². The van der Waals surface area contributed by atoms with E-state index in [9.17, 15) is 9.18 Å². The fourth-order valence-corrected chi connectivity index (χ4v) is 3.14. The zero-order valence-corrected chi connectivity index (χ0v) is 15.3. The lowest BCUT2D eigenvalue weighted by Crippen LogP contribution is -2.39. The highest BCUT2D eigenvalue weighted by molar-refractivity contribution is 6.32. The minimum absolute atomic E-state index is 0.103. The Morgan fingerprint density at radius 1 is 1.19 bits per heavy atom. The van der Waals surface area contributed by atoms with Crippen molar-refractivity contribution in [1.82, 2.24) is 4.90 Å². The lowest BCUT2D eigenvalue weighted by Gasteiger charge is -2.28. The summed E-state index contributed by atoms with van der Waals surface area (Å²) in [6.07, 6.45) is -0.0165. The van der Waals surface area contributed by atoms with Gasteiger partial charge in [-0.05, 0) is 37.1 Å². The number of methoxy groups -OCH3 is 1.